The first-order valence-electron chi connectivity index (χ1n) is 6.19. The van der Waals surface area contributed by atoms with Gasteiger partial charge in [-0.05, 0) is 25.7 Å². The SMILES string of the molecule is CCCC(N)CC(=O)NCC1(OC)CCC1. The average Bonchev–Trinajstić information content (AvgIpc) is 2.17. The van der Waals surface area contributed by atoms with Gasteiger partial charge in [-0.3, -0.25) is 4.79 Å². The Labute approximate surface area is 97.9 Å². The first-order valence-corrected chi connectivity index (χ1v) is 6.19. The third-order valence-electron chi connectivity index (χ3n) is 3.41. The van der Waals surface area contributed by atoms with E-state index in [-0.39, 0.29) is 17.6 Å². The Bertz CT molecular complexity index is 222. The van der Waals surface area contributed by atoms with Crippen molar-refractivity contribution in [2.75, 3.05) is 13.7 Å². The number of hydrogen-bond donors (Lipinski definition) is 2. The Hall–Kier alpha value is -0.610. The number of nitrogens with two attached hydrogens (primary N) is 1. The maximum atomic E-state index is 11.6. The summed E-state index contributed by atoms with van der Waals surface area (Å²) in [6.07, 6.45) is 5.64. The highest BCUT2D eigenvalue weighted by Gasteiger charge is 2.37. The quantitative estimate of drug-likeness (QED) is 0.688. The minimum absolute atomic E-state index is 0.00937. The summed E-state index contributed by atoms with van der Waals surface area (Å²) in [7, 11) is 1.72. The van der Waals surface area contributed by atoms with Crippen molar-refractivity contribution in [1.82, 2.24) is 5.32 Å². The molecule has 0 spiro atoms. The van der Waals surface area contributed by atoms with Crippen LogP contribution in [0.1, 0.15) is 45.4 Å². The summed E-state index contributed by atoms with van der Waals surface area (Å²) < 4.78 is 5.43. The molecule has 0 aromatic heterocycles. The number of hydrogen-bond acceptors (Lipinski definition) is 3. The molecule has 1 aliphatic rings. The normalized spacial score (nSPS) is 19.9. The molecule has 0 aliphatic heterocycles. The van der Waals surface area contributed by atoms with Gasteiger partial charge in [0, 0.05) is 26.1 Å². The molecular formula is C12H24N2O2. The Morgan fingerprint density at radius 3 is 2.69 bits per heavy atom. The number of carbonyl (C=O) groups excluding carboxylic acids is 1. The molecule has 1 rings (SSSR count). The van der Waals surface area contributed by atoms with E-state index in [9.17, 15) is 4.79 Å². The number of rotatable bonds is 7. The van der Waals surface area contributed by atoms with Crippen LogP contribution in [0.5, 0.6) is 0 Å². The second-order valence-electron chi connectivity index (χ2n) is 4.77. The molecule has 1 amide bonds. The van der Waals surface area contributed by atoms with Crippen molar-refractivity contribution in [3.8, 4) is 0 Å². The van der Waals surface area contributed by atoms with Crippen LogP contribution in [0.2, 0.25) is 0 Å². The fraction of sp³-hybridized carbons (Fsp3) is 0.917. The van der Waals surface area contributed by atoms with Gasteiger partial charge in [0.05, 0.1) is 5.60 Å². The predicted molar refractivity (Wildman–Crippen MR) is 64.1 cm³/mol. The van der Waals surface area contributed by atoms with Gasteiger partial charge in [0.15, 0.2) is 0 Å². The van der Waals surface area contributed by atoms with E-state index in [2.05, 4.69) is 12.2 Å². The van der Waals surface area contributed by atoms with Crippen LogP contribution in [0.3, 0.4) is 0 Å². The summed E-state index contributed by atoms with van der Waals surface area (Å²) in [4.78, 5) is 11.6. The molecule has 0 aromatic rings. The van der Waals surface area contributed by atoms with E-state index in [4.69, 9.17) is 10.5 Å². The van der Waals surface area contributed by atoms with Crippen LogP contribution >= 0.6 is 0 Å². The van der Waals surface area contributed by atoms with E-state index in [0.29, 0.717) is 13.0 Å². The van der Waals surface area contributed by atoms with Crippen LogP contribution in [0.25, 0.3) is 0 Å². The Balaban J connectivity index is 2.19. The smallest absolute Gasteiger partial charge is 0.221 e. The van der Waals surface area contributed by atoms with Gasteiger partial charge in [0.1, 0.15) is 0 Å². The van der Waals surface area contributed by atoms with Crippen molar-refractivity contribution in [2.45, 2.75) is 57.1 Å². The zero-order valence-corrected chi connectivity index (χ0v) is 10.4. The molecule has 4 heteroatoms. The van der Waals surface area contributed by atoms with E-state index < -0.39 is 0 Å². The van der Waals surface area contributed by atoms with Gasteiger partial charge in [-0.15, -0.1) is 0 Å². The van der Waals surface area contributed by atoms with Crippen molar-refractivity contribution in [2.24, 2.45) is 5.73 Å². The fourth-order valence-electron chi connectivity index (χ4n) is 2.07. The Morgan fingerprint density at radius 1 is 1.56 bits per heavy atom. The second-order valence-corrected chi connectivity index (χ2v) is 4.77. The van der Waals surface area contributed by atoms with Crippen LogP contribution in [0.15, 0.2) is 0 Å². The van der Waals surface area contributed by atoms with E-state index in [1.807, 2.05) is 0 Å². The van der Waals surface area contributed by atoms with E-state index in [1.165, 1.54) is 6.42 Å². The molecule has 1 unspecified atom stereocenters. The molecule has 4 nitrogen and oxygen atoms in total. The molecule has 16 heavy (non-hydrogen) atoms. The number of nitrogens with one attached hydrogen (secondary N) is 1. The van der Waals surface area contributed by atoms with E-state index in [0.717, 1.165) is 25.7 Å². The zero-order valence-electron chi connectivity index (χ0n) is 10.4. The zero-order chi connectivity index (χ0) is 12.0. The van der Waals surface area contributed by atoms with Crippen molar-refractivity contribution in [1.29, 1.82) is 0 Å². The van der Waals surface area contributed by atoms with Crippen LogP contribution in [0, 0.1) is 0 Å². The summed E-state index contributed by atoms with van der Waals surface area (Å²) in [6, 6.07) is -0.00937. The highest BCUT2D eigenvalue weighted by Crippen LogP contribution is 2.34. The first kappa shape index (κ1) is 13.5. The van der Waals surface area contributed by atoms with Gasteiger partial charge < -0.3 is 15.8 Å². The fourth-order valence-corrected chi connectivity index (χ4v) is 2.07. The second kappa shape index (κ2) is 6.21. The molecule has 94 valence electrons. The maximum absolute atomic E-state index is 11.6. The van der Waals surface area contributed by atoms with E-state index in [1.54, 1.807) is 7.11 Å². The molecule has 0 saturated heterocycles. The van der Waals surface area contributed by atoms with Crippen LogP contribution in [-0.2, 0) is 9.53 Å². The third kappa shape index (κ3) is 3.76. The standard InChI is InChI=1S/C12H24N2O2/c1-3-5-10(13)8-11(15)14-9-12(16-2)6-4-7-12/h10H,3-9,13H2,1-2H3,(H,14,15). The number of amides is 1. The predicted octanol–water partition coefficient (Wildman–Crippen LogP) is 1.19. The highest BCUT2D eigenvalue weighted by molar-refractivity contribution is 5.76. The molecule has 0 bridgehead atoms. The molecular weight excluding hydrogens is 204 g/mol. The minimum atomic E-state index is -0.0927. The molecule has 0 heterocycles. The van der Waals surface area contributed by atoms with Crippen LogP contribution in [0.4, 0.5) is 0 Å². The largest absolute Gasteiger partial charge is 0.376 e. The number of carbonyl (C=O) groups is 1. The van der Waals surface area contributed by atoms with Crippen molar-refractivity contribution >= 4 is 5.91 Å². The molecule has 0 radical (unpaired) electrons. The average molecular weight is 228 g/mol. The molecule has 0 aromatic carbocycles. The maximum Gasteiger partial charge on any atom is 0.221 e. The number of ether oxygens (including phenoxy) is 1. The molecule has 3 N–H and O–H groups in total. The van der Waals surface area contributed by atoms with Crippen LogP contribution < -0.4 is 11.1 Å². The lowest BCUT2D eigenvalue weighted by atomic mass is 9.80. The summed E-state index contributed by atoms with van der Waals surface area (Å²) in [5.41, 5.74) is 5.72. The van der Waals surface area contributed by atoms with Crippen molar-refractivity contribution in [3.05, 3.63) is 0 Å². The summed E-state index contributed by atoms with van der Waals surface area (Å²) in [5, 5.41) is 2.92. The summed E-state index contributed by atoms with van der Waals surface area (Å²) in [6.45, 7) is 2.70. The van der Waals surface area contributed by atoms with Crippen molar-refractivity contribution < 1.29 is 9.53 Å². The molecule has 1 fully saturated rings. The number of methoxy groups -OCH3 is 1. The highest BCUT2D eigenvalue weighted by atomic mass is 16.5. The lowest BCUT2D eigenvalue weighted by Gasteiger charge is -2.40. The van der Waals surface area contributed by atoms with Gasteiger partial charge in [0.25, 0.3) is 0 Å². The van der Waals surface area contributed by atoms with Crippen molar-refractivity contribution in [3.63, 3.8) is 0 Å². The monoisotopic (exact) mass is 228 g/mol. The van der Waals surface area contributed by atoms with Crippen LogP contribution in [-0.4, -0.2) is 31.2 Å². The first-order chi connectivity index (χ1) is 7.62. The molecule has 1 aliphatic carbocycles. The lowest BCUT2D eigenvalue weighted by molar-refractivity contribution is -0.125. The van der Waals surface area contributed by atoms with Gasteiger partial charge >= 0.3 is 0 Å². The Kier molecular flexibility index (Phi) is 5.22. The molecule has 1 saturated carbocycles. The van der Waals surface area contributed by atoms with Gasteiger partial charge in [-0.2, -0.15) is 0 Å². The lowest BCUT2D eigenvalue weighted by Crippen LogP contribution is -2.49. The van der Waals surface area contributed by atoms with Gasteiger partial charge in [-0.1, -0.05) is 13.3 Å². The molecule has 1 atom stereocenters. The van der Waals surface area contributed by atoms with E-state index >= 15 is 0 Å². The summed E-state index contributed by atoms with van der Waals surface area (Å²) in [5.74, 6) is 0.0456. The summed E-state index contributed by atoms with van der Waals surface area (Å²) >= 11 is 0. The van der Waals surface area contributed by atoms with Gasteiger partial charge in [-0.25, -0.2) is 0 Å². The third-order valence-corrected chi connectivity index (χ3v) is 3.41. The van der Waals surface area contributed by atoms with Gasteiger partial charge in [0.2, 0.25) is 5.91 Å². The minimum Gasteiger partial charge on any atom is -0.376 e. The topological polar surface area (TPSA) is 64.4 Å². The Morgan fingerprint density at radius 2 is 2.25 bits per heavy atom.